The molecule has 0 aliphatic carbocycles. The van der Waals surface area contributed by atoms with Crippen LogP contribution in [-0.2, 0) is 6.54 Å². The molecular weight excluding hydrogens is 294 g/mol. The van der Waals surface area contributed by atoms with Crippen LogP contribution in [0.3, 0.4) is 0 Å². The molecule has 0 saturated heterocycles. The highest BCUT2D eigenvalue weighted by molar-refractivity contribution is 7.99. The number of nitrogens with one attached hydrogen (secondary N) is 2. The molecule has 0 amide bonds. The van der Waals surface area contributed by atoms with Crippen LogP contribution < -0.4 is 10.9 Å². The average Bonchev–Trinajstić information content (AvgIpc) is 2.38. The Morgan fingerprint density at radius 3 is 2.85 bits per heavy atom. The van der Waals surface area contributed by atoms with Crippen molar-refractivity contribution in [2.75, 3.05) is 6.54 Å². The molecule has 0 radical (unpaired) electrons. The number of hydrogen-bond acceptors (Lipinski definition) is 4. The predicted octanol–water partition coefficient (Wildman–Crippen LogP) is 2.99. The largest absolute Gasteiger partial charge is 0.313 e. The first kappa shape index (κ1) is 15.1. The van der Waals surface area contributed by atoms with E-state index >= 15 is 0 Å². The summed E-state index contributed by atoms with van der Waals surface area (Å²) in [4.78, 5) is 19.3. The number of H-pyrrole nitrogens is 1. The van der Waals surface area contributed by atoms with Crippen molar-refractivity contribution in [1.29, 1.82) is 0 Å². The van der Waals surface area contributed by atoms with Gasteiger partial charge in [-0.2, -0.15) is 0 Å². The smallest absolute Gasteiger partial charge is 0.251 e. The fourth-order valence-corrected chi connectivity index (χ4v) is 2.87. The second kappa shape index (κ2) is 6.92. The molecule has 0 aliphatic rings. The van der Waals surface area contributed by atoms with Gasteiger partial charge in [0, 0.05) is 23.2 Å². The third-order valence-electron chi connectivity index (χ3n) is 2.63. The molecule has 20 heavy (non-hydrogen) atoms. The fraction of sp³-hybridized carbons (Fsp3) is 0.286. The quantitative estimate of drug-likeness (QED) is 0.834. The lowest BCUT2D eigenvalue weighted by Crippen LogP contribution is -2.11. The van der Waals surface area contributed by atoms with E-state index in [0.717, 1.165) is 23.5 Å². The Bertz CT molecular complexity index is 657. The summed E-state index contributed by atoms with van der Waals surface area (Å²) in [6.45, 7) is 5.56. The Morgan fingerprint density at radius 2 is 2.20 bits per heavy atom. The third kappa shape index (κ3) is 4.10. The number of aromatic amines is 1. The second-order valence-electron chi connectivity index (χ2n) is 4.34. The highest BCUT2D eigenvalue weighted by Crippen LogP contribution is 2.31. The highest BCUT2D eigenvalue weighted by atomic mass is 35.5. The molecule has 0 spiro atoms. The molecule has 0 saturated carbocycles. The van der Waals surface area contributed by atoms with Crippen molar-refractivity contribution >= 4 is 23.4 Å². The first-order chi connectivity index (χ1) is 9.58. The van der Waals surface area contributed by atoms with Crippen LogP contribution in [-0.4, -0.2) is 16.5 Å². The molecule has 4 nitrogen and oxygen atoms in total. The Balaban J connectivity index is 2.19. The number of hydrogen-bond donors (Lipinski definition) is 2. The van der Waals surface area contributed by atoms with E-state index in [2.05, 4.69) is 22.2 Å². The SMILES string of the molecule is CCNCc1ccc(Sc2nc(C)cc(=O)[nH]2)c(Cl)c1. The summed E-state index contributed by atoms with van der Waals surface area (Å²) in [5.41, 5.74) is 1.67. The van der Waals surface area contributed by atoms with E-state index < -0.39 is 0 Å². The summed E-state index contributed by atoms with van der Waals surface area (Å²) in [7, 11) is 0. The van der Waals surface area contributed by atoms with Crippen molar-refractivity contribution in [2.45, 2.75) is 30.4 Å². The summed E-state index contributed by atoms with van der Waals surface area (Å²) in [5.74, 6) is 0. The van der Waals surface area contributed by atoms with Gasteiger partial charge >= 0.3 is 0 Å². The van der Waals surface area contributed by atoms with Gasteiger partial charge in [-0.1, -0.05) is 36.4 Å². The number of aromatic nitrogens is 2. The molecule has 1 aromatic heterocycles. The second-order valence-corrected chi connectivity index (χ2v) is 5.78. The molecule has 2 rings (SSSR count). The molecule has 6 heteroatoms. The van der Waals surface area contributed by atoms with Gasteiger partial charge in [-0.3, -0.25) is 4.79 Å². The Kier molecular flexibility index (Phi) is 5.23. The fourth-order valence-electron chi connectivity index (χ4n) is 1.71. The van der Waals surface area contributed by atoms with Crippen LogP contribution in [0.25, 0.3) is 0 Å². The number of nitrogens with zero attached hydrogens (tertiary/aromatic N) is 1. The number of halogens is 1. The number of rotatable bonds is 5. The van der Waals surface area contributed by atoms with Gasteiger partial charge in [0.1, 0.15) is 0 Å². The predicted molar refractivity (Wildman–Crippen MR) is 82.6 cm³/mol. The average molecular weight is 310 g/mol. The lowest BCUT2D eigenvalue weighted by Gasteiger charge is -2.07. The van der Waals surface area contributed by atoms with Crippen molar-refractivity contribution in [1.82, 2.24) is 15.3 Å². The zero-order chi connectivity index (χ0) is 14.5. The van der Waals surface area contributed by atoms with Crippen LogP contribution in [0, 0.1) is 6.92 Å². The molecule has 106 valence electrons. The minimum Gasteiger partial charge on any atom is -0.313 e. The van der Waals surface area contributed by atoms with Gasteiger partial charge in [0.2, 0.25) is 0 Å². The Labute approximate surface area is 127 Å². The maximum Gasteiger partial charge on any atom is 0.251 e. The van der Waals surface area contributed by atoms with Gasteiger partial charge in [-0.05, 0) is 31.2 Å². The summed E-state index contributed by atoms with van der Waals surface area (Å²) >= 11 is 7.63. The topological polar surface area (TPSA) is 57.8 Å². The summed E-state index contributed by atoms with van der Waals surface area (Å²) < 4.78 is 0. The number of aryl methyl sites for hydroxylation is 1. The minimum absolute atomic E-state index is 0.153. The van der Waals surface area contributed by atoms with Crippen molar-refractivity contribution in [3.05, 3.63) is 50.9 Å². The molecule has 0 aliphatic heterocycles. The Hall–Kier alpha value is -1.30. The summed E-state index contributed by atoms with van der Waals surface area (Å²) in [6, 6.07) is 7.36. The first-order valence-electron chi connectivity index (χ1n) is 6.33. The van der Waals surface area contributed by atoms with Crippen LogP contribution in [0.5, 0.6) is 0 Å². The zero-order valence-electron chi connectivity index (χ0n) is 11.4. The molecule has 0 unspecified atom stereocenters. The molecule has 1 heterocycles. The lowest BCUT2D eigenvalue weighted by molar-refractivity contribution is 0.726. The van der Waals surface area contributed by atoms with Crippen LogP contribution in [0.1, 0.15) is 18.2 Å². The summed E-state index contributed by atoms with van der Waals surface area (Å²) in [6.07, 6.45) is 0. The van der Waals surface area contributed by atoms with E-state index in [1.54, 1.807) is 6.92 Å². The molecular formula is C14H16ClN3OS. The lowest BCUT2D eigenvalue weighted by atomic mass is 10.2. The molecule has 1 aromatic carbocycles. The maximum atomic E-state index is 11.4. The van der Waals surface area contributed by atoms with Crippen LogP contribution in [0.4, 0.5) is 0 Å². The standard InChI is InChI=1S/C14H16ClN3OS/c1-3-16-8-10-4-5-12(11(15)7-10)20-14-17-9(2)6-13(19)18-14/h4-7,16H,3,8H2,1-2H3,(H,17,18,19). The van der Waals surface area contributed by atoms with Gasteiger partial charge in [-0.15, -0.1) is 0 Å². The van der Waals surface area contributed by atoms with Crippen LogP contribution in [0.2, 0.25) is 5.02 Å². The summed E-state index contributed by atoms with van der Waals surface area (Å²) in [5, 5.41) is 4.46. The van der Waals surface area contributed by atoms with Crippen LogP contribution >= 0.6 is 23.4 Å². The molecule has 0 atom stereocenters. The van der Waals surface area contributed by atoms with Crippen molar-refractivity contribution in [3.8, 4) is 0 Å². The van der Waals surface area contributed by atoms with E-state index in [4.69, 9.17) is 11.6 Å². The molecule has 0 fully saturated rings. The van der Waals surface area contributed by atoms with Gasteiger partial charge in [-0.25, -0.2) is 4.98 Å². The van der Waals surface area contributed by atoms with Gasteiger partial charge < -0.3 is 10.3 Å². The first-order valence-corrected chi connectivity index (χ1v) is 7.53. The van der Waals surface area contributed by atoms with E-state index in [-0.39, 0.29) is 5.56 Å². The van der Waals surface area contributed by atoms with Gasteiger partial charge in [0.15, 0.2) is 5.16 Å². The van der Waals surface area contributed by atoms with Crippen molar-refractivity contribution in [2.24, 2.45) is 0 Å². The Morgan fingerprint density at radius 1 is 1.40 bits per heavy atom. The van der Waals surface area contributed by atoms with Gasteiger partial charge in [0.05, 0.1) is 5.02 Å². The minimum atomic E-state index is -0.153. The third-order valence-corrected chi connectivity index (χ3v) is 4.02. The van der Waals surface area contributed by atoms with E-state index in [9.17, 15) is 4.79 Å². The zero-order valence-corrected chi connectivity index (χ0v) is 12.9. The van der Waals surface area contributed by atoms with Gasteiger partial charge in [0.25, 0.3) is 5.56 Å². The van der Waals surface area contributed by atoms with E-state index in [1.807, 2.05) is 18.2 Å². The molecule has 2 N–H and O–H groups in total. The highest BCUT2D eigenvalue weighted by Gasteiger charge is 2.06. The van der Waals surface area contributed by atoms with Crippen molar-refractivity contribution < 1.29 is 0 Å². The van der Waals surface area contributed by atoms with E-state index in [1.165, 1.54) is 17.8 Å². The number of benzene rings is 1. The van der Waals surface area contributed by atoms with E-state index in [0.29, 0.717) is 15.9 Å². The molecule has 0 bridgehead atoms. The maximum absolute atomic E-state index is 11.4. The monoisotopic (exact) mass is 309 g/mol. The normalized spacial score (nSPS) is 10.8. The van der Waals surface area contributed by atoms with Crippen LogP contribution in [0.15, 0.2) is 39.1 Å². The molecule has 2 aromatic rings. The van der Waals surface area contributed by atoms with Crippen molar-refractivity contribution in [3.63, 3.8) is 0 Å².